The fourth-order valence-electron chi connectivity index (χ4n) is 1.81. The number of rotatable bonds is 4. The molecule has 6 heteroatoms. The predicted molar refractivity (Wildman–Crippen MR) is 91.3 cm³/mol. The number of hydrogen-bond acceptors (Lipinski definition) is 3. The minimum Gasteiger partial charge on any atom is -0.397 e. The van der Waals surface area contributed by atoms with Crippen molar-refractivity contribution in [1.29, 1.82) is 0 Å². The molecular formula is C15H15BrClN3O. The second-order valence-electron chi connectivity index (χ2n) is 4.42. The summed E-state index contributed by atoms with van der Waals surface area (Å²) in [5.41, 5.74) is 8.62. The van der Waals surface area contributed by atoms with Crippen LogP contribution >= 0.6 is 27.5 Å². The summed E-state index contributed by atoms with van der Waals surface area (Å²) in [5, 5.41) is 6.57. The van der Waals surface area contributed by atoms with Gasteiger partial charge in [-0.1, -0.05) is 11.6 Å². The van der Waals surface area contributed by atoms with Crippen molar-refractivity contribution in [1.82, 2.24) is 5.32 Å². The Bertz CT molecular complexity index is 676. The lowest BCUT2D eigenvalue weighted by Crippen LogP contribution is -2.22. The van der Waals surface area contributed by atoms with Gasteiger partial charge < -0.3 is 16.4 Å². The number of anilines is 3. The van der Waals surface area contributed by atoms with Crippen LogP contribution in [-0.2, 0) is 0 Å². The van der Waals surface area contributed by atoms with Gasteiger partial charge in [-0.15, -0.1) is 0 Å². The van der Waals surface area contributed by atoms with Crippen LogP contribution in [0.1, 0.15) is 17.3 Å². The minimum absolute atomic E-state index is 0.134. The van der Waals surface area contributed by atoms with E-state index in [1.54, 1.807) is 24.3 Å². The molecule has 0 aliphatic carbocycles. The summed E-state index contributed by atoms with van der Waals surface area (Å²) in [6.07, 6.45) is 0. The first-order valence-electron chi connectivity index (χ1n) is 6.41. The number of carbonyl (C=O) groups is 1. The molecule has 0 spiro atoms. The molecule has 2 aromatic rings. The maximum absolute atomic E-state index is 11.7. The minimum atomic E-state index is -0.134. The second-order valence-corrected chi connectivity index (χ2v) is 5.68. The van der Waals surface area contributed by atoms with Crippen molar-refractivity contribution < 1.29 is 4.79 Å². The van der Waals surface area contributed by atoms with E-state index in [2.05, 4.69) is 26.6 Å². The Kier molecular flexibility index (Phi) is 5.09. The summed E-state index contributed by atoms with van der Waals surface area (Å²) in [7, 11) is 0. The highest BCUT2D eigenvalue weighted by atomic mass is 79.9. The molecule has 0 aliphatic heterocycles. The molecular weight excluding hydrogens is 354 g/mol. The molecule has 0 aromatic heterocycles. The first-order valence-corrected chi connectivity index (χ1v) is 7.58. The van der Waals surface area contributed by atoms with Crippen LogP contribution in [0.15, 0.2) is 40.9 Å². The third-order valence-corrected chi connectivity index (χ3v) is 4.06. The number of nitrogen functional groups attached to an aromatic ring is 1. The normalized spacial score (nSPS) is 10.2. The molecule has 1 amide bonds. The maximum atomic E-state index is 11.7. The van der Waals surface area contributed by atoms with Gasteiger partial charge in [0.15, 0.2) is 0 Å². The van der Waals surface area contributed by atoms with Crippen LogP contribution in [0, 0.1) is 0 Å². The molecule has 0 saturated carbocycles. The van der Waals surface area contributed by atoms with Crippen LogP contribution in [0.4, 0.5) is 17.1 Å². The van der Waals surface area contributed by atoms with Gasteiger partial charge in [0.2, 0.25) is 0 Å². The van der Waals surface area contributed by atoms with Crippen molar-refractivity contribution in [2.75, 3.05) is 17.6 Å². The lowest BCUT2D eigenvalue weighted by Gasteiger charge is -2.11. The number of halogens is 2. The fourth-order valence-corrected chi connectivity index (χ4v) is 2.31. The number of nitrogens with one attached hydrogen (secondary N) is 2. The highest BCUT2D eigenvalue weighted by Gasteiger charge is 2.08. The molecule has 4 N–H and O–H groups in total. The Morgan fingerprint density at radius 3 is 2.67 bits per heavy atom. The van der Waals surface area contributed by atoms with E-state index in [1.165, 1.54) is 0 Å². The smallest absolute Gasteiger partial charge is 0.251 e. The zero-order valence-electron chi connectivity index (χ0n) is 11.4. The summed E-state index contributed by atoms with van der Waals surface area (Å²) < 4.78 is 0.798. The lowest BCUT2D eigenvalue weighted by atomic mass is 10.1. The molecule has 110 valence electrons. The molecule has 0 saturated heterocycles. The van der Waals surface area contributed by atoms with Crippen LogP contribution in [-0.4, -0.2) is 12.5 Å². The van der Waals surface area contributed by atoms with Crippen LogP contribution in [0.3, 0.4) is 0 Å². The Balaban J connectivity index is 2.21. The quantitative estimate of drug-likeness (QED) is 0.709. The van der Waals surface area contributed by atoms with Crippen molar-refractivity contribution in [2.45, 2.75) is 6.92 Å². The largest absolute Gasteiger partial charge is 0.397 e. The van der Waals surface area contributed by atoms with Crippen molar-refractivity contribution in [3.8, 4) is 0 Å². The van der Waals surface area contributed by atoms with E-state index >= 15 is 0 Å². The van der Waals surface area contributed by atoms with Gasteiger partial charge in [-0.25, -0.2) is 0 Å². The van der Waals surface area contributed by atoms with Crippen molar-refractivity contribution in [2.24, 2.45) is 0 Å². The zero-order chi connectivity index (χ0) is 15.4. The van der Waals surface area contributed by atoms with Gasteiger partial charge in [-0.3, -0.25) is 4.79 Å². The van der Waals surface area contributed by atoms with E-state index in [4.69, 9.17) is 17.3 Å². The molecule has 4 nitrogen and oxygen atoms in total. The van der Waals surface area contributed by atoms with Crippen LogP contribution in [0.25, 0.3) is 0 Å². The summed E-state index contributed by atoms with van der Waals surface area (Å²) in [5.74, 6) is -0.134. The molecule has 2 aromatic carbocycles. The highest BCUT2D eigenvalue weighted by molar-refractivity contribution is 9.10. The van der Waals surface area contributed by atoms with E-state index in [0.717, 1.165) is 15.8 Å². The molecule has 0 bridgehead atoms. The monoisotopic (exact) mass is 367 g/mol. The van der Waals surface area contributed by atoms with Gasteiger partial charge in [-0.05, 0) is 59.3 Å². The highest BCUT2D eigenvalue weighted by Crippen LogP contribution is 2.29. The number of nitrogens with two attached hydrogens (primary N) is 1. The number of hydrogen-bond donors (Lipinski definition) is 3. The fraction of sp³-hybridized carbons (Fsp3) is 0.133. The Labute approximate surface area is 136 Å². The third-order valence-electron chi connectivity index (χ3n) is 2.85. The summed E-state index contributed by atoms with van der Waals surface area (Å²) in [6, 6.07) is 10.7. The van der Waals surface area contributed by atoms with Gasteiger partial charge >= 0.3 is 0 Å². The van der Waals surface area contributed by atoms with E-state index in [9.17, 15) is 4.79 Å². The van der Waals surface area contributed by atoms with Gasteiger partial charge in [-0.2, -0.15) is 0 Å². The number of amides is 1. The second kappa shape index (κ2) is 6.83. The average molecular weight is 369 g/mol. The topological polar surface area (TPSA) is 67.2 Å². The van der Waals surface area contributed by atoms with Crippen LogP contribution in [0.2, 0.25) is 5.02 Å². The molecule has 0 radical (unpaired) electrons. The zero-order valence-corrected chi connectivity index (χ0v) is 13.8. The Hall–Kier alpha value is -1.72. The predicted octanol–water partition coefficient (Wildman–Crippen LogP) is 4.18. The van der Waals surface area contributed by atoms with E-state index < -0.39 is 0 Å². The summed E-state index contributed by atoms with van der Waals surface area (Å²) in [4.78, 5) is 11.7. The summed E-state index contributed by atoms with van der Waals surface area (Å²) >= 11 is 9.33. The molecule has 0 atom stereocenters. The Morgan fingerprint density at radius 1 is 1.29 bits per heavy atom. The maximum Gasteiger partial charge on any atom is 0.251 e. The first-order chi connectivity index (χ1) is 10.0. The van der Waals surface area contributed by atoms with Crippen molar-refractivity contribution in [3.63, 3.8) is 0 Å². The standard InChI is InChI=1S/C15H15BrClN3O/c1-2-19-15(21)9-3-6-14(13(18)7-9)20-10-4-5-12(17)11(16)8-10/h3-8,20H,2,18H2,1H3,(H,19,21). The Morgan fingerprint density at radius 2 is 2.05 bits per heavy atom. The SMILES string of the molecule is CCNC(=O)c1ccc(Nc2ccc(Cl)c(Br)c2)c(N)c1. The molecule has 0 heterocycles. The van der Waals surface area contributed by atoms with Gasteiger partial charge in [0.25, 0.3) is 5.91 Å². The van der Waals surface area contributed by atoms with Crippen LogP contribution < -0.4 is 16.4 Å². The van der Waals surface area contributed by atoms with Gasteiger partial charge in [0.05, 0.1) is 16.4 Å². The molecule has 2 rings (SSSR count). The van der Waals surface area contributed by atoms with Crippen molar-refractivity contribution >= 4 is 50.5 Å². The molecule has 0 unspecified atom stereocenters. The lowest BCUT2D eigenvalue weighted by molar-refractivity contribution is 0.0956. The van der Waals surface area contributed by atoms with Crippen LogP contribution in [0.5, 0.6) is 0 Å². The van der Waals surface area contributed by atoms with E-state index in [-0.39, 0.29) is 5.91 Å². The molecule has 0 fully saturated rings. The first kappa shape index (κ1) is 15.7. The summed E-state index contributed by atoms with van der Waals surface area (Å²) in [6.45, 7) is 2.45. The van der Waals surface area contributed by atoms with E-state index in [1.807, 2.05) is 19.1 Å². The number of benzene rings is 2. The molecule has 0 aliphatic rings. The van der Waals surface area contributed by atoms with Gasteiger partial charge in [0.1, 0.15) is 0 Å². The van der Waals surface area contributed by atoms with Crippen molar-refractivity contribution in [3.05, 3.63) is 51.5 Å². The van der Waals surface area contributed by atoms with Gasteiger partial charge in [0, 0.05) is 22.3 Å². The van der Waals surface area contributed by atoms with E-state index in [0.29, 0.717) is 22.8 Å². The number of carbonyl (C=O) groups excluding carboxylic acids is 1. The molecule has 21 heavy (non-hydrogen) atoms. The average Bonchev–Trinajstić information content (AvgIpc) is 2.45. The third kappa shape index (κ3) is 3.89.